The molecule has 1 heteroatoms. The van der Waals surface area contributed by atoms with Crippen LogP contribution in [-0.2, 0) is 0 Å². The van der Waals surface area contributed by atoms with Gasteiger partial charge >= 0.3 is 0 Å². The summed E-state index contributed by atoms with van der Waals surface area (Å²) in [5.41, 5.74) is 7.88. The molecule has 1 nitrogen and oxygen atoms in total. The average Bonchev–Trinajstić information content (AvgIpc) is 2.15. The fourth-order valence-corrected chi connectivity index (χ4v) is 4.99. The molecule has 0 aromatic carbocycles. The number of nitrogens with two attached hydrogens (primary N) is 1. The van der Waals surface area contributed by atoms with Crippen molar-refractivity contribution < 1.29 is 0 Å². The molecule has 4 rings (SSSR count). The number of hydrogen-bond acceptors (Lipinski definition) is 1. The smallest absolute Gasteiger partial charge is 0.0109 e. The minimum absolute atomic E-state index is 0.591. The van der Waals surface area contributed by atoms with Crippen molar-refractivity contribution in [2.75, 3.05) is 6.54 Å². The van der Waals surface area contributed by atoms with Crippen LogP contribution in [0.1, 0.15) is 45.4 Å². The van der Waals surface area contributed by atoms with Crippen LogP contribution in [0.4, 0.5) is 0 Å². The topological polar surface area (TPSA) is 26.0 Å². The Hall–Kier alpha value is -0.300. The monoisotopic (exact) mass is 205 g/mol. The minimum atomic E-state index is 0.591. The van der Waals surface area contributed by atoms with Gasteiger partial charge in [0.2, 0.25) is 0 Å². The van der Waals surface area contributed by atoms with Gasteiger partial charge in [-0.3, -0.25) is 0 Å². The van der Waals surface area contributed by atoms with Gasteiger partial charge in [0.05, 0.1) is 0 Å². The number of rotatable bonds is 2. The van der Waals surface area contributed by atoms with Gasteiger partial charge < -0.3 is 5.73 Å². The second kappa shape index (κ2) is 3.35. The van der Waals surface area contributed by atoms with E-state index < -0.39 is 0 Å². The quantitative estimate of drug-likeness (QED) is 0.689. The number of hydrogen-bond donors (Lipinski definition) is 1. The molecule has 15 heavy (non-hydrogen) atoms. The molecule has 2 N–H and O–H groups in total. The Kier molecular flexibility index (Phi) is 2.21. The van der Waals surface area contributed by atoms with E-state index in [1.54, 1.807) is 5.57 Å². The van der Waals surface area contributed by atoms with Crippen LogP contribution in [0.25, 0.3) is 0 Å². The van der Waals surface area contributed by atoms with Crippen LogP contribution in [0.2, 0.25) is 0 Å². The third-order valence-corrected chi connectivity index (χ3v) is 5.30. The molecule has 4 saturated carbocycles. The van der Waals surface area contributed by atoms with Crippen LogP contribution in [0.5, 0.6) is 0 Å². The van der Waals surface area contributed by atoms with E-state index >= 15 is 0 Å². The summed E-state index contributed by atoms with van der Waals surface area (Å²) in [6.07, 6.45) is 11.3. The van der Waals surface area contributed by atoms with E-state index in [0.717, 1.165) is 24.3 Å². The average molecular weight is 205 g/mol. The summed E-state index contributed by atoms with van der Waals surface area (Å²) in [5, 5.41) is 0. The molecule has 0 amide bonds. The van der Waals surface area contributed by atoms with Gasteiger partial charge in [0.25, 0.3) is 0 Å². The van der Waals surface area contributed by atoms with E-state index in [-0.39, 0.29) is 0 Å². The highest BCUT2D eigenvalue weighted by Gasteiger charge is 2.51. The van der Waals surface area contributed by atoms with E-state index in [0.29, 0.717) is 5.41 Å². The first-order valence-corrected chi connectivity index (χ1v) is 6.59. The van der Waals surface area contributed by atoms with E-state index in [2.05, 4.69) is 13.0 Å². The third-order valence-electron chi connectivity index (χ3n) is 5.30. The largest absolute Gasteiger partial charge is 0.327 e. The predicted molar refractivity (Wildman–Crippen MR) is 63.4 cm³/mol. The fourth-order valence-electron chi connectivity index (χ4n) is 4.99. The van der Waals surface area contributed by atoms with Crippen LogP contribution in [0.15, 0.2) is 11.6 Å². The summed E-state index contributed by atoms with van der Waals surface area (Å²) in [5.74, 6) is 3.16. The first-order chi connectivity index (χ1) is 7.22. The first kappa shape index (κ1) is 9.89. The highest BCUT2D eigenvalue weighted by atomic mass is 14.6. The Balaban J connectivity index is 1.89. The molecular formula is C14H23N. The summed E-state index contributed by atoms with van der Waals surface area (Å²) in [6.45, 7) is 3.06. The maximum Gasteiger partial charge on any atom is 0.0109 e. The van der Waals surface area contributed by atoms with E-state index in [4.69, 9.17) is 5.73 Å². The van der Waals surface area contributed by atoms with E-state index in [1.807, 2.05) is 0 Å². The highest BCUT2D eigenvalue weighted by molar-refractivity contribution is 5.19. The lowest BCUT2D eigenvalue weighted by atomic mass is 9.48. The summed E-state index contributed by atoms with van der Waals surface area (Å²) >= 11 is 0. The first-order valence-electron chi connectivity index (χ1n) is 6.59. The molecule has 4 aliphatic carbocycles. The second-order valence-corrected chi connectivity index (χ2v) is 6.32. The summed E-state index contributed by atoms with van der Waals surface area (Å²) < 4.78 is 0. The molecule has 0 aromatic heterocycles. The second-order valence-electron chi connectivity index (χ2n) is 6.32. The van der Waals surface area contributed by atoms with Gasteiger partial charge in [0.1, 0.15) is 0 Å². The van der Waals surface area contributed by atoms with Crippen LogP contribution in [-0.4, -0.2) is 6.54 Å². The fraction of sp³-hybridized carbons (Fsp3) is 0.857. The lowest BCUT2D eigenvalue weighted by molar-refractivity contribution is -0.0305. The van der Waals surface area contributed by atoms with Crippen LogP contribution < -0.4 is 5.73 Å². The van der Waals surface area contributed by atoms with Crippen molar-refractivity contribution in [2.45, 2.75) is 45.4 Å². The molecule has 0 radical (unpaired) electrons. The number of allylic oxidation sites excluding steroid dienone is 1. The van der Waals surface area contributed by atoms with Crippen molar-refractivity contribution in [2.24, 2.45) is 28.9 Å². The predicted octanol–water partition coefficient (Wildman–Crippen LogP) is 3.11. The van der Waals surface area contributed by atoms with Gasteiger partial charge in [-0.05, 0) is 68.6 Å². The standard InChI is InChI=1S/C14H23N/c1-10(2-3-15)14-7-11-4-12(8-14)6-13(5-11)9-14/h2,11-13H,3-9,15H2,1H3. The van der Waals surface area contributed by atoms with Crippen molar-refractivity contribution in [1.29, 1.82) is 0 Å². The molecule has 84 valence electrons. The van der Waals surface area contributed by atoms with Crippen LogP contribution >= 0.6 is 0 Å². The minimum Gasteiger partial charge on any atom is -0.327 e. The normalized spacial score (nSPS) is 48.7. The van der Waals surface area contributed by atoms with Crippen LogP contribution in [0, 0.1) is 23.2 Å². The maximum atomic E-state index is 5.67. The SMILES string of the molecule is CC(=CCN)C12CC3CC(CC(C3)C1)C2. The van der Waals surface area contributed by atoms with E-state index in [1.165, 1.54) is 38.5 Å². The molecule has 0 spiro atoms. The zero-order valence-electron chi connectivity index (χ0n) is 9.84. The molecule has 0 heterocycles. The molecule has 4 fully saturated rings. The van der Waals surface area contributed by atoms with Gasteiger partial charge in [0, 0.05) is 6.54 Å². The molecule has 0 aromatic rings. The van der Waals surface area contributed by atoms with Gasteiger partial charge in [-0.2, -0.15) is 0 Å². The molecule has 0 unspecified atom stereocenters. The van der Waals surface area contributed by atoms with Gasteiger partial charge in [-0.25, -0.2) is 0 Å². The molecule has 0 aliphatic heterocycles. The third kappa shape index (κ3) is 1.47. The van der Waals surface area contributed by atoms with Crippen molar-refractivity contribution in [1.82, 2.24) is 0 Å². The van der Waals surface area contributed by atoms with Crippen molar-refractivity contribution in [3.8, 4) is 0 Å². The van der Waals surface area contributed by atoms with Crippen molar-refractivity contribution in [3.63, 3.8) is 0 Å². The lowest BCUT2D eigenvalue weighted by Crippen LogP contribution is -2.46. The maximum absolute atomic E-state index is 5.67. The van der Waals surface area contributed by atoms with Crippen LogP contribution in [0.3, 0.4) is 0 Å². The van der Waals surface area contributed by atoms with E-state index in [9.17, 15) is 0 Å². The van der Waals surface area contributed by atoms with Gasteiger partial charge in [0.15, 0.2) is 0 Å². The zero-order chi connectivity index (χ0) is 10.5. The molecular weight excluding hydrogens is 182 g/mol. The Morgan fingerprint density at radius 3 is 2.00 bits per heavy atom. The Bertz CT molecular complexity index is 254. The Morgan fingerprint density at radius 2 is 1.60 bits per heavy atom. The summed E-state index contributed by atoms with van der Waals surface area (Å²) in [6, 6.07) is 0. The zero-order valence-corrected chi connectivity index (χ0v) is 9.84. The molecule has 4 aliphatic rings. The van der Waals surface area contributed by atoms with Gasteiger partial charge in [-0.15, -0.1) is 0 Å². The summed E-state index contributed by atoms with van der Waals surface area (Å²) in [4.78, 5) is 0. The summed E-state index contributed by atoms with van der Waals surface area (Å²) in [7, 11) is 0. The Morgan fingerprint density at radius 1 is 1.13 bits per heavy atom. The van der Waals surface area contributed by atoms with Crippen molar-refractivity contribution >= 4 is 0 Å². The van der Waals surface area contributed by atoms with Gasteiger partial charge in [-0.1, -0.05) is 11.6 Å². The molecule has 0 atom stereocenters. The highest BCUT2D eigenvalue weighted by Crippen LogP contribution is 2.62. The van der Waals surface area contributed by atoms with Crippen molar-refractivity contribution in [3.05, 3.63) is 11.6 Å². The Labute approximate surface area is 93.1 Å². The molecule has 0 saturated heterocycles. The molecule has 4 bridgehead atoms. The lowest BCUT2D eigenvalue weighted by Gasteiger charge is -2.57.